The Hall–Kier alpha value is -0.870. The second-order valence-electron chi connectivity index (χ2n) is 3.82. The first-order valence-corrected chi connectivity index (χ1v) is 7.03. The number of nitrogens with zero attached hydrogens (tertiary/aromatic N) is 1. The Morgan fingerprint density at radius 1 is 1.47 bits per heavy atom. The molecule has 17 heavy (non-hydrogen) atoms. The molecule has 1 heterocycles. The maximum Gasteiger partial charge on any atom is 0.323 e. The number of thiophene rings is 1. The van der Waals surface area contributed by atoms with E-state index in [4.69, 9.17) is 4.74 Å². The van der Waals surface area contributed by atoms with E-state index in [1.807, 2.05) is 19.9 Å². The van der Waals surface area contributed by atoms with E-state index in [1.54, 1.807) is 11.3 Å². The first-order chi connectivity index (χ1) is 8.22. The fourth-order valence-electron chi connectivity index (χ4n) is 1.86. The zero-order chi connectivity index (χ0) is 12.7. The summed E-state index contributed by atoms with van der Waals surface area (Å²) in [4.78, 5) is 15.3. The second-order valence-corrected chi connectivity index (χ2v) is 4.85. The summed E-state index contributed by atoms with van der Waals surface area (Å²) in [6.07, 6.45) is 0.790. The summed E-state index contributed by atoms with van der Waals surface area (Å²) < 4.78 is 5.12. The van der Waals surface area contributed by atoms with Gasteiger partial charge in [0.25, 0.3) is 0 Å². The van der Waals surface area contributed by atoms with Gasteiger partial charge in [-0.25, -0.2) is 0 Å². The molecular weight excluding hydrogens is 234 g/mol. The highest BCUT2D eigenvalue weighted by atomic mass is 32.1. The van der Waals surface area contributed by atoms with Crippen LogP contribution in [0.4, 0.5) is 0 Å². The number of ether oxygens (including phenoxy) is 1. The largest absolute Gasteiger partial charge is 0.465 e. The predicted molar refractivity (Wildman–Crippen MR) is 71.1 cm³/mol. The molecule has 0 aliphatic heterocycles. The topological polar surface area (TPSA) is 29.5 Å². The summed E-state index contributed by atoms with van der Waals surface area (Å²) in [5, 5.41) is 2.06. The minimum Gasteiger partial charge on any atom is -0.465 e. The fraction of sp³-hybridized carbons (Fsp3) is 0.615. The fourth-order valence-corrected chi connectivity index (χ4v) is 2.59. The van der Waals surface area contributed by atoms with Crippen molar-refractivity contribution in [1.29, 1.82) is 0 Å². The molecule has 0 aliphatic carbocycles. The number of likely N-dealkylation sites (N-methyl/N-ethyl adjacent to an activating group) is 1. The molecule has 1 atom stereocenters. The van der Waals surface area contributed by atoms with Crippen LogP contribution in [0.3, 0.4) is 0 Å². The Bertz CT molecular complexity index is 324. The predicted octanol–water partition coefficient (Wildman–Crippen LogP) is 2.91. The van der Waals surface area contributed by atoms with Crippen molar-refractivity contribution < 1.29 is 9.53 Å². The van der Waals surface area contributed by atoms with Gasteiger partial charge in [0.05, 0.1) is 6.61 Å². The van der Waals surface area contributed by atoms with Crippen molar-refractivity contribution in [1.82, 2.24) is 4.90 Å². The summed E-state index contributed by atoms with van der Waals surface area (Å²) in [5.41, 5.74) is 0. The minimum atomic E-state index is -0.123. The van der Waals surface area contributed by atoms with Crippen LogP contribution in [0.1, 0.15) is 32.1 Å². The van der Waals surface area contributed by atoms with Crippen molar-refractivity contribution in [2.75, 3.05) is 13.2 Å². The quantitative estimate of drug-likeness (QED) is 0.702. The Morgan fingerprint density at radius 3 is 2.71 bits per heavy atom. The SMILES string of the molecule is CCOC(=O)C(CC)N(CC)Cc1cccs1. The second kappa shape index (κ2) is 7.45. The minimum absolute atomic E-state index is 0.103. The van der Waals surface area contributed by atoms with E-state index in [2.05, 4.69) is 23.3 Å². The number of carbonyl (C=O) groups excluding carboxylic acids is 1. The van der Waals surface area contributed by atoms with E-state index in [0.717, 1.165) is 19.5 Å². The van der Waals surface area contributed by atoms with Crippen LogP contribution in [0.2, 0.25) is 0 Å². The molecule has 0 aromatic carbocycles. The van der Waals surface area contributed by atoms with E-state index >= 15 is 0 Å². The average Bonchev–Trinajstić information content (AvgIpc) is 2.81. The molecule has 0 radical (unpaired) electrons. The summed E-state index contributed by atoms with van der Waals surface area (Å²) in [5.74, 6) is -0.103. The maximum atomic E-state index is 11.8. The van der Waals surface area contributed by atoms with Gasteiger partial charge in [-0.3, -0.25) is 9.69 Å². The average molecular weight is 255 g/mol. The lowest BCUT2D eigenvalue weighted by molar-refractivity contribution is -0.149. The molecular formula is C13H21NO2S. The van der Waals surface area contributed by atoms with Crippen LogP contribution in [0, 0.1) is 0 Å². The van der Waals surface area contributed by atoms with Crippen LogP contribution in [-0.2, 0) is 16.1 Å². The van der Waals surface area contributed by atoms with Crippen LogP contribution < -0.4 is 0 Å². The monoisotopic (exact) mass is 255 g/mol. The van der Waals surface area contributed by atoms with Gasteiger partial charge >= 0.3 is 5.97 Å². The maximum absolute atomic E-state index is 11.8. The van der Waals surface area contributed by atoms with Gasteiger partial charge in [-0.15, -0.1) is 11.3 Å². The number of hydrogen-bond donors (Lipinski definition) is 0. The molecule has 96 valence electrons. The third-order valence-electron chi connectivity index (χ3n) is 2.73. The van der Waals surface area contributed by atoms with E-state index in [1.165, 1.54) is 4.88 Å². The molecule has 0 spiro atoms. The summed E-state index contributed by atoms with van der Waals surface area (Å²) in [6.45, 7) is 8.08. The standard InChI is InChI=1S/C13H21NO2S/c1-4-12(13(15)16-6-3)14(5-2)10-11-8-7-9-17-11/h7-9,12H,4-6,10H2,1-3H3. The van der Waals surface area contributed by atoms with Crippen molar-refractivity contribution in [3.8, 4) is 0 Å². The Kier molecular flexibility index (Phi) is 6.22. The van der Waals surface area contributed by atoms with Crippen LogP contribution in [-0.4, -0.2) is 30.1 Å². The number of hydrogen-bond acceptors (Lipinski definition) is 4. The van der Waals surface area contributed by atoms with Crippen molar-refractivity contribution in [3.05, 3.63) is 22.4 Å². The number of rotatable bonds is 7. The van der Waals surface area contributed by atoms with Crippen LogP contribution >= 0.6 is 11.3 Å². The van der Waals surface area contributed by atoms with Gasteiger partial charge in [0.2, 0.25) is 0 Å². The molecule has 0 fully saturated rings. The van der Waals surface area contributed by atoms with Crippen molar-refractivity contribution in [2.24, 2.45) is 0 Å². The van der Waals surface area contributed by atoms with Gasteiger partial charge in [0.1, 0.15) is 6.04 Å². The highest BCUT2D eigenvalue weighted by molar-refractivity contribution is 7.09. The molecule has 0 saturated carbocycles. The van der Waals surface area contributed by atoms with Crippen LogP contribution in [0.15, 0.2) is 17.5 Å². The van der Waals surface area contributed by atoms with Crippen molar-refractivity contribution >= 4 is 17.3 Å². The van der Waals surface area contributed by atoms with Crippen molar-refractivity contribution in [3.63, 3.8) is 0 Å². The normalized spacial score (nSPS) is 12.7. The van der Waals surface area contributed by atoms with E-state index in [-0.39, 0.29) is 12.0 Å². The molecule has 1 aromatic rings. The van der Waals surface area contributed by atoms with Crippen LogP contribution in [0.25, 0.3) is 0 Å². The van der Waals surface area contributed by atoms with Gasteiger partial charge in [0, 0.05) is 11.4 Å². The molecule has 0 N–H and O–H groups in total. The molecule has 1 unspecified atom stereocenters. The van der Waals surface area contributed by atoms with Gasteiger partial charge in [-0.1, -0.05) is 19.9 Å². The lowest BCUT2D eigenvalue weighted by Gasteiger charge is -2.27. The summed E-state index contributed by atoms with van der Waals surface area (Å²) in [7, 11) is 0. The molecule has 1 aromatic heterocycles. The molecule has 0 amide bonds. The first kappa shape index (κ1) is 14.2. The van der Waals surface area contributed by atoms with Gasteiger partial charge < -0.3 is 4.74 Å². The zero-order valence-corrected chi connectivity index (χ0v) is 11.6. The first-order valence-electron chi connectivity index (χ1n) is 6.15. The lowest BCUT2D eigenvalue weighted by Crippen LogP contribution is -2.41. The van der Waals surface area contributed by atoms with Crippen LogP contribution in [0.5, 0.6) is 0 Å². The van der Waals surface area contributed by atoms with Gasteiger partial charge in [-0.05, 0) is 31.3 Å². The van der Waals surface area contributed by atoms with E-state index in [9.17, 15) is 4.79 Å². The van der Waals surface area contributed by atoms with E-state index < -0.39 is 0 Å². The smallest absolute Gasteiger partial charge is 0.323 e. The molecule has 4 heteroatoms. The molecule has 3 nitrogen and oxygen atoms in total. The lowest BCUT2D eigenvalue weighted by atomic mass is 10.2. The van der Waals surface area contributed by atoms with Gasteiger partial charge in [0.15, 0.2) is 0 Å². The Labute approximate surface area is 107 Å². The summed E-state index contributed by atoms with van der Waals surface area (Å²) in [6, 6.07) is 4.02. The van der Waals surface area contributed by atoms with Gasteiger partial charge in [-0.2, -0.15) is 0 Å². The zero-order valence-electron chi connectivity index (χ0n) is 10.8. The molecule has 0 bridgehead atoms. The Balaban J connectivity index is 2.66. The van der Waals surface area contributed by atoms with Crippen molar-refractivity contribution in [2.45, 2.75) is 39.8 Å². The highest BCUT2D eigenvalue weighted by Crippen LogP contribution is 2.16. The third-order valence-corrected chi connectivity index (χ3v) is 3.59. The molecule has 1 rings (SSSR count). The summed E-state index contributed by atoms with van der Waals surface area (Å²) >= 11 is 1.73. The highest BCUT2D eigenvalue weighted by Gasteiger charge is 2.24. The van der Waals surface area contributed by atoms with E-state index in [0.29, 0.717) is 6.61 Å². The molecule has 0 saturated heterocycles. The number of esters is 1. The Morgan fingerprint density at radius 2 is 2.24 bits per heavy atom. The third kappa shape index (κ3) is 4.13. The molecule has 0 aliphatic rings. The number of carbonyl (C=O) groups is 1.